The van der Waals surface area contributed by atoms with Crippen molar-refractivity contribution in [2.75, 3.05) is 0 Å². The third-order valence-electron chi connectivity index (χ3n) is 4.88. The molecule has 27 heavy (non-hydrogen) atoms. The van der Waals surface area contributed by atoms with E-state index in [0.29, 0.717) is 23.3 Å². The van der Waals surface area contributed by atoms with Gasteiger partial charge in [-0.05, 0) is 48.7 Å². The SMILES string of the molecule is CCC(C)C(C(=O)Oc1ccc(Br)c(C)c1)N1C(=O)c2ccccc2C1=O. The summed E-state index contributed by atoms with van der Waals surface area (Å²) in [5, 5.41) is 0. The Bertz CT molecular complexity index is 889. The zero-order chi connectivity index (χ0) is 19.7. The lowest BCUT2D eigenvalue weighted by atomic mass is 9.97. The van der Waals surface area contributed by atoms with Crippen molar-refractivity contribution < 1.29 is 19.1 Å². The van der Waals surface area contributed by atoms with Crippen LogP contribution in [0.2, 0.25) is 0 Å². The third kappa shape index (κ3) is 3.54. The second-order valence-electron chi connectivity index (χ2n) is 6.69. The Morgan fingerprint density at radius 1 is 1.11 bits per heavy atom. The van der Waals surface area contributed by atoms with Crippen molar-refractivity contribution in [3.8, 4) is 5.75 Å². The van der Waals surface area contributed by atoms with Crippen molar-refractivity contribution in [1.82, 2.24) is 4.90 Å². The summed E-state index contributed by atoms with van der Waals surface area (Å²) in [5.41, 5.74) is 1.56. The molecule has 2 aromatic rings. The number of aryl methyl sites for hydroxylation is 1. The monoisotopic (exact) mass is 429 g/mol. The molecule has 2 atom stereocenters. The summed E-state index contributed by atoms with van der Waals surface area (Å²) in [4.78, 5) is 39.6. The van der Waals surface area contributed by atoms with Crippen molar-refractivity contribution in [2.24, 2.45) is 5.92 Å². The van der Waals surface area contributed by atoms with Gasteiger partial charge in [0.2, 0.25) is 0 Å². The number of amides is 2. The Balaban J connectivity index is 1.93. The topological polar surface area (TPSA) is 63.7 Å². The summed E-state index contributed by atoms with van der Waals surface area (Å²) < 4.78 is 6.44. The molecular formula is C21H20BrNO4. The van der Waals surface area contributed by atoms with Crippen LogP contribution in [0.25, 0.3) is 0 Å². The van der Waals surface area contributed by atoms with Crippen LogP contribution in [-0.4, -0.2) is 28.7 Å². The third-order valence-corrected chi connectivity index (χ3v) is 5.77. The number of fused-ring (bicyclic) bond motifs is 1. The Morgan fingerprint density at radius 2 is 1.70 bits per heavy atom. The van der Waals surface area contributed by atoms with Gasteiger partial charge in [-0.25, -0.2) is 4.79 Å². The molecule has 5 nitrogen and oxygen atoms in total. The molecule has 1 aliphatic rings. The maximum Gasteiger partial charge on any atom is 0.335 e. The summed E-state index contributed by atoms with van der Waals surface area (Å²) in [6, 6.07) is 10.8. The largest absolute Gasteiger partial charge is 0.425 e. The minimum absolute atomic E-state index is 0.240. The van der Waals surface area contributed by atoms with Gasteiger partial charge in [-0.15, -0.1) is 0 Å². The average Bonchev–Trinajstić information content (AvgIpc) is 2.90. The molecule has 0 radical (unpaired) electrons. The van der Waals surface area contributed by atoms with E-state index in [4.69, 9.17) is 4.74 Å². The minimum Gasteiger partial charge on any atom is -0.425 e. The molecule has 0 spiro atoms. The van der Waals surface area contributed by atoms with Crippen molar-refractivity contribution >= 4 is 33.7 Å². The Morgan fingerprint density at radius 3 is 2.22 bits per heavy atom. The fraction of sp³-hybridized carbons (Fsp3) is 0.286. The molecule has 6 heteroatoms. The van der Waals surface area contributed by atoms with Gasteiger partial charge in [0, 0.05) is 4.47 Å². The van der Waals surface area contributed by atoms with Crippen molar-refractivity contribution in [1.29, 1.82) is 0 Å². The van der Waals surface area contributed by atoms with E-state index in [1.165, 1.54) is 0 Å². The predicted octanol–water partition coefficient (Wildman–Crippen LogP) is 4.37. The lowest BCUT2D eigenvalue weighted by Crippen LogP contribution is -2.50. The van der Waals surface area contributed by atoms with Gasteiger partial charge in [0.05, 0.1) is 11.1 Å². The van der Waals surface area contributed by atoms with Gasteiger partial charge in [0.25, 0.3) is 11.8 Å². The summed E-state index contributed by atoms with van der Waals surface area (Å²) in [5.74, 6) is -1.38. The zero-order valence-corrected chi connectivity index (χ0v) is 16.9. The molecule has 1 heterocycles. The number of carbonyl (C=O) groups is 3. The fourth-order valence-corrected chi connectivity index (χ4v) is 3.38. The highest BCUT2D eigenvalue weighted by Gasteiger charge is 2.45. The molecule has 2 unspecified atom stereocenters. The lowest BCUT2D eigenvalue weighted by Gasteiger charge is -2.28. The molecule has 0 saturated carbocycles. The van der Waals surface area contributed by atoms with Gasteiger partial charge in [-0.3, -0.25) is 14.5 Å². The quantitative estimate of drug-likeness (QED) is 0.402. The number of hydrogen-bond acceptors (Lipinski definition) is 4. The molecule has 3 rings (SSSR count). The Kier molecular flexibility index (Phi) is 5.46. The highest BCUT2D eigenvalue weighted by Crippen LogP contribution is 2.29. The van der Waals surface area contributed by atoms with Gasteiger partial charge in [-0.2, -0.15) is 0 Å². The molecule has 140 valence electrons. The first kappa shape index (κ1) is 19.3. The molecule has 1 aliphatic heterocycles. The second kappa shape index (κ2) is 7.64. The van der Waals surface area contributed by atoms with Crippen LogP contribution in [0.15, 0.2) is 46.9 Å². The Labute approximate surface area is 166 Å². The number of hydrogen-bond donors (Lipinski definition) is 0. The van der Waals surface area contributed by atoms with E-state index in [1.807, 2.05) is 20.8 Å². The molecular weight excluding hydrogens is 410 g/mol. The zero-order valence-electron chi connectivity index (χ0n) is 15.4. The van der Waals surface area contributed by atoms with Crippen LogP contribution in [0.3, 0.4) is 0 Å². The highest BCUT2D eigenvalue weighted by atomic mass is 79.9. The Hall–Kier alpha value is -2.47. The van der Waals surface area contributed by atoms with Gasteiger partial charge in [-0.1, -0.05) is 48.3 Å². The van der Waals surface area contributed by atoms with Crippen LogP contribution >= 0.6 is 15.9 Å². The molecule has 0 N–H and O–H groups in total. The normalized spacial score (nSPS) is 15.5. The molecule has 0 aliphatic carbocycles. The summed E-state index contributed by atoms with van der Waals surface area (Å²) in [6.45, 7) is 5.63. The summed E-state index contributed by atoms with van der Waals surface area (Å²) in [7, 11) is 0. The first-order valence-electron chi connectivity index (χ1n) is 8.80. The van der Waals surface area contributed by atoms with Gasteiger partial charge in [0.15, 0.2) is 0 Å². The van der Waals surface area contributed by atoms with Crippen molar-refractivity contribution in [3.05, 3.63) is 63.6 Å². The average molecular weight is 430 g/mol. The predicted molar refractivity (Wildman–Crippen MR) is 105 cm³/mol. The van der Waals surface area contributed by atoms with Crippen molar-refractivity contribution in [3.63, 3.8) is 0 Å². The fourth-order valence-electron chi connectivity index (χ4n) is 3.13. The number of benzene rings is 2. The van der Waals surface area contributed by atoms with Crippen molar-refractivity contribution in [2.45, 2.75) is 33.2 Å². The molecule has 0 saturated heterocycles. The maximum atomic E-state index is 13.0. The number of halogens is 1. The minimum atomic E-state index is -0.980. The second-order valence-corrected chi connectivity index (χ2v) is 7.54. The number of ether oxygens (including phenoxy) is 1. The lowest BCUT2D eigenvalue weighted by molar-refractivity contribution is -0.140. The van der Waals surface area contributed by atoms with Crippen LogP contribution in [0.4, 0.5) is 0 Å². The smallest absolute Gasteiger partial charge is 0.335 e. The van der Waals surface area contributed by atoms with Crippen LogP contribution < -0.4 is 4.74 Å². The van der Waals surface area contributed by atoms with Crippen LogP contribution in [-0.2, 0) is 4.79 Å². The van der Waals surface area contributed by atoms with E-state index in [-0.39, 0.29) is 5.92 Å². The molecule has 0 aromatic heterocycles. The van der Waals surface area contributed by atoms with Gasteiger partial charge < -0.3 is 4.74 Å². The maximum absolute atomic E-state index is 13.0. The first-order chi connectivity index (χ1) is 12.8. The van der Waals surface area contributed by atoms with E-state index < -0.39 is 23.8 Å². The molecule has 0 bridgehead atoms. The molecule has 0 fully saturated rings. The number of nitrogens with zero attached hydrogens (tertiary/aromatic N) is 1. The van der Waals surface area contributed by atoms with Gasteiger partial charge in [0.1, 0.15) is 11.8 Å². The van der Waals surface area contributed by atoms with Crippen LogP contribution in [0.5, 0.6) is 5.75 Å². The number of carbonyl (C=O) groups excluding carboxylic acids is 3. The molecule has 2 aromatic carbocycles. The van der Waals surface area contributed by atoms with E-state index >= 15 is 0 Å². The summed E-state index contributed by atoms with van der Waals surface area (Å²) >= 11 is 3.41. The van der Waals surface area contributed by atoms with E-state index in [2.05, 4.69) is 15.9 Å². The van der Waals surface area contributed by atoms with Gasteiger partial charge >= 0.3 is 5.97 Å². The van der Waals surface area contributed by atoms with E-state index in [1.54, 1.807) is 42.5 Å². The number of esters is 1. The van der Waals surface area contributed by atoms with E-state index in [0.717, 1.165) is 14.9 Å². The van der Waals surface area contributed by atoms with Crippen LogP contribution in [0, 0.1) is 12.8 Å². The van der Waals surface area contributed by atoms with Crippen LogP contribution in [0.1, 0.15) is 46.5 Å². The standard InChI is InChI=1S/C21H20BrNO4/c1-4-12(2)18(21(26)27-14-9-10-17(22)13(3)11-14)23-19(24)15-7-5-6-8-16(15)20(23)25/h5-12,18H,4H2,1-3H3. The number of rotatable bonds is 5. The summed E-state index contributed by atoms with van der Waals surface area (Å²) in [6.07, 6.45) is 0.618. The van der Waals surface area contributed by atoms with E-state index in [9.17, 15) is 14.4 Å². The molecule has 2 amide bonds. The number of imide groups is 1. The first-order valence-corrected chi connectivity index (χ1v) is 9.59. The highest BCUT2D eigenvalue weighted by molar-refractivity contribution is 9.10.